The molecular weight excluding hydrogens is 391 g/mol. The first-order valence-electron chi connectivity index (χ1n) is 9.56. The molecule has 0 saturated carbocycles. The van der Waals surface area contributed by atoms with E-state index in [9.17, 15) is 29.0 Å². The lowest BCUT2D eigenvalue weighted by atomic mass is 9.60. The maximum atomic E-state index is 13.3. The number of rotatable bonds is 3. The average Bonchev–Trinajstić information content (AvgIpc) is 2.73. The van der Waals surface area contributed by atoms with E-state index in [0.29, 0.717) is 24.2 Å². The Bertz CT molecular complexity index is 1020. The summed E-state index contributed by atoms with van der Waals surface area (Å²) in [5, 5.41) is 29.5. The molecular formula is C22H20F3N5. The van der Waals surface area contributed by atoms with E-state index in [-0.39, 0.29) is 11.3 Å². The molecule has 3 rings (SSSR count). The lowest BCUT2D eigenvalue weighted by Crippen LogP contribution is -2.47. The van der Waals surface area contributed by atoms with Crippen molar-refractivity contribution < 1.29 is 13.2 Å². The van der Waals surface area contributed by atoms with Crippen LogP contribution in [0.3, 0.4) is 0 Å². The van der Waals surface area contributed by atoms with Crippen molar-refractivity contribution >= 4 is 0 Å². The van der Waals surface area contributed by atoms with Gasteiger partial charge in [-0.2, -0.15) is 29.0 Å². The molecule has 2 atom stereocenters. The summed E-state index contributed by atoms with van der Waals surface area (Å²) in [4.78, 5) is 2.10. The number of hydrogen-bond acceptors (Lipinski definition) is 5. The van der Waals surface area contributed by atoms with Gasteiger partial charge in [-0.05, 0) is 30.2 Å². The zero-order chi connectivity index (χ0) is 22.1. The highest BCUT2D eigenvalue weighted by Gasteiger charge is 2.52. The van der Waals surface area contributed by atoms with E-state index in [4.69, 9.17) is 5.73 Å². The van der Waals surface area contributed by atoms with Crippen molar-refractivity contribution in [3.63, 3.8) is 0 Å². The van der Waals surface area contributed by atoms with Gasteiger partial charge in [0.1, 0.15) is 0 Å². The highest BCUT2D eigenvalue weighted by molar-refractivity contribution is 5.58. The zero-order valence-corrected chi connectivity index (χ0v) is 16.4. The van der Waals surface area contributed by atoms with Gasteiger partial charge >= 0.3 is 6.18 Å². The summed E-state index contributed by atoms with van der Waals surface area (Å²) in [7, 11) is 0. The molecule has 0 spiro atoms. The summed E-state index contributed by atoms with van der Waals surface area (Å²) in [5.74, 6) is -1.27. The molecule has 1 aromatic carbocycles. The van der Waals surface area contributed by atoms with Crippen molar-refractivity contribution in [1.82, 2.24) is 4.90 Å². The number of fused-ring (bicyclic) bond motifs is 1. The molecule has 1 aliphatic heterocycles. The van der Waals surface area contributed by atoms with E-state index >= 15 is 0 Å². The van der Waals surface area contributed by atoms with Gasteiger partial charge in [-0.15, -0.1) is 0 Å². The van der Waals surface area contributed by atoms with Crippen LogP contribution < -0.4 is 5.73 Å². The molecule has 0 radical (unpaired) electrons. The van der Waals surface area contributed by atoms with Crippen molar-refractivity contribution in [2.24, 2.45) is 17.1 Å². The molecule has 5 nitrogen and oxygen atoms in total. The molecule has 30 heavy (non-hydrogen) atoms. The Balaban J connectivity index is 2.26. The smallest absolute Gasteiger partial charge is 0.399 e. The minimum Gasteiger partial charge on any atom is -0.399 e. The van der Waals surface area contributed by atoms with Crippen LogP contribution in [0.2, 0.25) is 0 Å². The summed E-state index contributed by atoms with van der Waals surface area (Å²) < 4.78 is 39.9. The molecule has 0 amide bonds. The summed E-state index contributed by atoms with van der Waals surface area (Å²) in [6.45, 7) is 3.69. The van der Waals surface area contributed by atoms with Crippen LogP contribution in [0.1, 0.15) is 30.4 Å². The van der Waals surface area contributed by atoms with Gasteiger partial charge in [0.15, 0.2) is 0 Å². The molecule has 0 saturated heterocycles. The van der Waals surface area contributed by atoms with Crippen molar-refractivity contribution in [3.8, 4) is 18.2 Å². The third kappa shape index (κ3) is 3.32. The molecule has 2 aliphatic rings. The second-order valence-corrected chi connectivity index (χ2v) is 7.54. The van der Waals surface area contributed by atoms with Gasteiger partial charge in [-0.1, -0.05) is 31.2 Å². The molecule has 0 aromatic heterocycles. The quantitative estimate of drug-likeness (QED) is 0.762. The lowest BCUT2D eigenvalue weighted by molar-refractivity contribution is -0.137. The van der Waals surface area contributed by atoms with E-state index in [2.05, 4.69) is 4.90 Å². The van der Waals surface area contributed by atoms with Crippen molar-refractivity contribution in [1.29, 1.82) is 15.8 Å². The Morgan fingerprint density at radius 2 is 1.93 bits per heavy atom. The maximum Gasteiger partial charge on any atom is 0.416 e. The third-order valence-corrected chi connectivity index (χ3v) is 5.83. The van der Waals surface area contributed by atoms with Gasteiger partial charge in [-0.3, -0.25) is 4.90 Å². The highest BCUT2D eigenvalue weighted by atomic mass is 19.4. The molecule has 154 valence electrons. The third-order valence-electron chi connectivity index (χ3n) is 5.83. The predicted octanol–water partition coefficient (Wildman–Crippen LogP) is 3.84. The van der Waals surface area contributed by atoms with Crippen molar-refractivity contribution in [2.75, 3.05) is 19.6 Å². The van der Waals surface area contributed by atoms with Gasteiger partial charge < -0.3 is 5.73 Å². The van der Waals surface area contributed by atoms with Crippen molar-refractivity contribution in [3.05, 3.63) is 58.3 Å². The van der Waals surface area contributed by atoms with Crippen LogP contribution in [0.25, 0.3) is 0 Å². The van der Waals surface area contributed by atoms with Gasteiger partial charge in [0.25, 0.3) is 0 Å². The normalized spacial score (nSPS) is 23.6. The first-order valence-corrected chi connectivity index (χ1v) is 9.56. The fraction of sp³-hybridized carbons (Fsp3) is 0.409. The molecule has 2 unspecified atom stereocenters. The summed E-state index contributed by atoms with van der Waals surface area (Å²) in [6.07, 6.45) is -1.89. The monoisotopic (exact) mass is 411 g/mol. The standard InChI is InChI=1S/C22H20F3N5/c1-2-7-30-8-6-18-17(11-30)19(14-4-3-5-15(9-14)22(23,24)25)16(10-26)20(29)21(18,12-27)13-28/h3-6,9,17,19H,2,7-8,11,29H2,1H3. The number of nitrogens with two attached hydrogens (primary N) is 1. The number of benzene rings is 1. The van der Waals surface area contributed by atoms with Crippen LogP contribution in [0.5, 0.6) is 0 Å². The topological polar surface area (TPSA) is 101 Å². The molecule has 2 N–H and O–H groups in total. The predicted molar refractivity (Wildman–Crippen MR) is 103 cm³/mol. The number of alkyl halides is 3. The zero-order valence-electron chi connectivity index (χ0n) is 16.4. The van der Waals surface area contributed by atoms with Crippen LogP contribution in [0, 0.1) is 45.3 Å². The Morgan fingerprint density at radius 1 is 1.23 bits per heavy atom. The second-order valence-electron chi connectivity index (χ2n) is 7.54. The van der Waals surface area contributed by atoms with Gasteiger partial charge in [0.05, 0.1) is 35.0 Å². The van der Waals surface area contributed by atoms with E-state index in [1.54, 1.807) is 6.08 Å². The maximum absolute atomic E-state index is 13.3. The second kappa shape index (κ2) is 7.86. The van der Waals surface area contributed by atoms with E-state index < -0.39 is 29.0 Å². The molecule has 1 heterocycles. The highest BCUT2D eigenvalue weighted by Crippen LogP contribution is 2.53. The molecule has 0 bridgehead atoms. The average molecular weight is 411 g/mol. The van der Waals surface area contributed by atoms with Crippen LogP contribution in [0.4, 0.5) is 13.2 Å². The van der Waals surface area contributed by atoms with Gasteiger partial charge in [-0.25, -0.2) is 0 Å². The van der Waals surface area contributed by atoms with E-state index in [1.165, 1.54) is 12.1 Å². The summed E-state index contributed by atoms with van der Waals surface area (Å²) in [6, 6.07) is 10.8. The summed E-state index contributed by atoms with van der Waals surface area (Å²) in [5.41, 5.74) is 4.13. The van der Waals surface area contributed by atoms with Gasteiger partial charge in [0, 0.05) is 24.9 Å². The first kappa shape index (κ1) is 21.4. The van der Waals surface area contributed by atoms with Crippen molar-refractivity contribution in [2.45, 2.75) is 25.4 Å². The molecule has 0 fully saturated rings. The number of nitriles is 3. The number of hydrogen-bond donors (Lipinski definition) is 1. The number of allylic oxidation sites excluding steroid dienone is 2. The minimum atomic E-state index is -4.53. The van der Waals surface area contributed by atoms with Crippen LogP contribution in [-0.4, -0.2) is 24.5 Å². The van der Waals surface area contributed by atoms with Crippen LogP contribution >= 0.6 is 0 Å². The Labute approximate surface area is 173 Å². The molecule has 8 heteroatoms. The number of nitrogens with zero attached hydrogens (tertiary/aromatic N) is 4. The van der Waals surface area contributed by atoms with E-state index in [1.807, 2.05) is 25.1 Å². The number of halogens is 3. The Kier molecular flexibility index (Phi) is 5.61. The molecule has 1 aliphatic carbocycles. The first-order chi connectivity index (χ1) is 14.2. The SMILES string of the molecule is CCCN1CC=C2C(C1)C(c1cccc(C(F)(F)F)c1)C(C#N)=C(N)C2(C#N)C#N. The largest absolute Gasteiger partial charge is 0.416 e. The molecule has 1 aromatic rings. The Hall–Kier alpha value is -3.28. The fourth-order valence-corrected chi connectivity index (χ4v) is 4.48. The van der Waals surface area contributed by atoms with Gasteiger partial charge in [0.2, 0.25) is 5.41 Å². The fourth-order valence-electron chi connectivity index (χ4n) is 4.48. The summed E-state index contributed by atoms with van der Waals surface area (Å²) >= 11 is 0. The van der Waals surface area contributed by atoms with E-state index in [0.717, 1.165) is 25.1 Å². The van der Waals surface area contributed by atoms with Crippen LogP contribution in [-0.2, 0) is 6.18 Å². The van der Waals surface area contributed by atoms with Crippen LogP contribution in [0.15, 0.2) is 47.2 Å². The minimum absolute atomic E-state index is 0.0158. The lowest BCUT2D eigenvalue weighted by Gasteiger charge is -2.45. The Morgan fingerprint density at radius 3 is 2.50 bits per heavy atom.